The Hall–Kier alpha value is -5.57. The van der Waals surface area contributed by atoms with Crippen LogP contribution in [0.2, 0.25) is 36.3 Å². The van der Waals surface area contributed by atoms with Crippen molar-refractivity contribution in [3.05, 3.63) is 84.0 Å². The predicted molar refractivity (Wildman–Crippen MR) is 294 cm³/mol. The van der Waals surface area contributed by atoms with Gasteiger partial charge in [-0.05, 0) is 94.3 Å². The normalized spacial score (nSPS) is 17.3. The van der Waals surface area contributed by atoms with Crippen molar-refractivity contribution in [1.29, 1.82) is 0 Å². The number of methoxy groups -OCH3 is 2. The Kier molecular flexibility index (Phi) is 21.8. The summed E-state index contributed by atoms with van der Waals surface area (Å²) in [5.41, 5.74) is 3.12. The van der Waals surface area contributed by atoms with Crippen molar-refractivity contribution in [1.82, 2.24) is 9.80 Å². The topological polar surface area (TPSA) is 173 Å². The summed E-state index contributed by atoms with van der Waals surface area (Å²) >= 11 is 0. The number of unbranched alkanes of at least 4 members (excludes halogenated alkanes) is 2. The van der Waals surface area contributed by atoms with Crippen molar-refractivity contribution >= 4 is 52.0 Å². The minimum absolute atomic E-state index is 0.000638. The number of amides is 4. The first-order valence-corrected chi connectivity index (χ1v) is 31.1. The molecule has 4 amide bonds. The van der Waals surface area contributed by atoms with Gasteiger partial charge < -0.3 is 47.1 Å². The van der Waals surface area contributed by atoms with E-state index in [0.29, 0.717) is 81.4 Å². The Labute approximate surface area is 437 Å². The standard InChI is InChI=1S/C55H84N4O12Si2/c1-17-24-68-52(62)56-44-32-48(46(64-11)30-42(44)50(60)58-34-38(19-3)28-40(58)36-70-72(13,14)54(5,6)7)66-26-22-21-23-27-67-49-33-45(57-53(63)69-25-18-2)43(31-47(49)65-12)51(61)59-35-39(20-4)29-41(59)37-71-73(15,16)55(8,9)10/h17-20,30-33,40-41H,1-2,21-29,34-37H2,3-16H3,(H,56,62)(H,57,63)/b38-19-,39-20-/t40-,41-/m0/s1. The van der Waals surface area contributed by atoms with E-state index in [1.165, 1.54) is 26.4 Å². The van der Waals surface area contributed by atoms with Gasteiger partial charge in [0.05, 0.1) is 75.2 Å². The molecule has 2 aromatic rings. The van der Waals surface area contributed by atoms with E-state index in [1.54, 1.807) is 34.1 Å². The van der Waals surface area contributed by atoms with Crippen LogP contribution in [-0.4, -0.2) is 129 Å². The fourth-order valence-electron chi connectivity index (χ4n) is 7.73. The number of rotatable bonds is 24. The van der Waals surface area contributed by atoms with Gasteiger partial charge in [0, 0.05) is 25.2 Å². The molecule has 0 aliphatic carbocycles. The molecule has 2 heterocycles. The zero-order valence-corrected chi connectivity index (χ0v) is 48.2. The van der Waals surface area contributed by atoms with Crippen molar-refractivity contribution in [2.24, 2.45) is 0 Å². The van der Waals surface area contributed by atoms with E-state index in [-0.39, 0.29) is 82.9 Å². The highest BCUT2D eigenvalue weighted by atomic mass is 28.4. The number of anilines is 2. The molecule has 2 fully saturated rings. The van der Waals surface area contributed by atoms with Crippen LogP contribution in [-0.2, 0) is 18.3 Å². The third-order valence-corrected chi connectivity index (χ3v) is 23.4. The van der Waals surface area contributed by atoms with Crippen molar-refractivity contribution in [2.45, 2.75) is 136 Å². The van der Waals surface area contributed by atoms with Gasteiger partial charge in [-0.1, -0.05) is 90.2 Å². The van der Waals surface area contributed by atoms with Crippen LogP contribution < -0.4 is 29.6 Å². The second kappa shape index (κ2) is 26.6. The van der Waals surface area contributed by atoms with E-state index in [0.717, 1.165) is 11.1 Å². The summed E-state index contributed by atoms with van der Waals surface area (Å²) < 4.78 is 47.7. The molecule has 2 N–H and O–H groups in total. The molecule has 73 heavy (non-hydrogen) atoms. The maximum atomic E-state index is 14.5. The quantitative estimate of drug-likeness (QED) is 0.0580. The second-order valence-corrected chi connectivity index (χ2v) is 31.1. The van der Waals surface area contributed by atoms with Gasteiger partial charge in [0.1, 0.15) is 13.2 Å². The number of benzene rings is 2. The Morgan fingerprint density at radius 2 is 0.986 bits per heavy atom. The summed E-state index contributed by atoms with van der Waals surface area (Å²) in [6.07, 6.45) is 8.78. The maximum absolute atomic E-state index is 14.5. The van der Waals surface area contributed by atoms with E-state index in [1.807, 2.05) is 26.0 Å². The number of carbonyl (C=O) groups excluding carboxylic acids is 4. The molecule has 0 radical (unpaired) electrons. The van der Waals surface area contributed by atoms with Crippen molar-refractivity contribution in [3.8, 4) is 23.0 Å². The molecule has 4 rings (SSSR count). The summed E-state index contributed by atoms with van der Waals surface area (Å²) in [5.74, 6) is 0.737. The molecule has 0 unspecified atom stereocenters. The average Bonchev–Trinajstić information content (AvgIpc) is 3.97. The first kappa shape index (κ1) is 60.0. The number of hydrogen-bond donors (Lipinski definition) is 2. The lowest BCUT2D eigenvalue weighted by Gasteiger charge is -2.38. The third-order valence-electron chi connectivity index (χ3n) is 14.4. The largest absolute Gasteiger partial charge is 0.493 e. The number of carbonyl (C=O) groups is 4. The van der Waals surface area contributed by atoms with Crippen LogP contribution in [0.15, 0.2) is 72.9 Å². The molecular weight excluding hydrogens is 965 g/mol. The van der Waals surface area contributed by atoms with E-state index < -0.39 is 28.8 Å². The molecule has 16 nitrogen and oxygen atoms in total. The van der Waals surface area contributed by atoms with E-state index in [9.17, 15) is 19.2 Å². The molecule has 2 aliphatic rings. The molecule has 0 aromatic heterocycles. The summed E-state index contributed by atoms with van der Waals surface area (Å²) in [4.78, 5) is 58.6. The van der Waals surface area contributed by atoms with Gasteiger partial charge in [-0.25, -0.2) is 9.59 Å². The van der Waals surface area contributed by atoms with Gasteiger partial charge in [-0.2, -0.15) is 0 Å². The summed E-state index contributed by atoms with van der Waals surface area (Å²) in [5, 5.41) is 5.50. The Bertz CT molecular complexity index is 2170. The van der Waals surface area contributed by atoms with Crippen molar-refractivity contribution in [3.63, 3.8) is 0 Å². The molecule has 2 aliphatic heterocycles. The number of nitrogens with one attached hydrogen (secondary N) is 2. The average molecular weight is 1050 g/mol. The van der Waals surface area contributed by atoms with Crippen LogP contribution in [0.25, 0.3) is 0 Å². The van der Waals surface area contributed by atoms with Crippen LogP contribution in [0.4, 0.5) is 21.0 Å². The zero-order valence-electron chi connectivity index (χ0n) is 46.2. The maximum Gasteiger partial charge on any atom is 0.411 e. The van der Waals surface area contributed by atoms with Crippen LogP contribution in [0.3, 0.4) is 0 Å². The fourth-order valence-corrected chi connectivity index (χ4v) is 9.81. The SMILES string of the molecule is C=CCOC(=O)Nc1cc(OCCCCCOc2cc(NC(=O)OCC=C)c(C(=O)N3C/C(=C\C)C[C@H]3CO[Si](C)(C)C(C)(C)C)cc2OC)c(OC)cc1C(=O)N1C/C(=C\C)C[C@H]1CO[Si](C)(C)C(C)(C)C. The molecule has 2 atom stereocenters. The number of allylic oxidation sites excluding steroid dienone is 2. The van der Waals surface area contributed by atoms with Gasteiger partial charge in [0.25, 0.3) is 11.8 Å². The second-order valence-electron chi connectivity index (χ2n) is 21.5. The highest BCUT2D eigenvalue weighted by Gasteiger charge is 2.42. The number of ether oxygens (including phenoxy) is 6. The molecule has 0 bridgehead atoms. The summed E-state index contributed by atoms with van der Waals surface area (Å²) in [6, 6.07) is 5.96. The highest BCUT2D eigenvalue weighted by molar-refractivity contribution is 6.74. The van der Waals surface area contributed by atoms with Gasteiger partial charge in [-0.15, -0.1) is 0 Å². The Morgan fingerprint density at radius 3 is 1.30 bits per heavy atom. The third kappa shape index (κ3) is 16.2. The van der Waals surface area contributed by atoms with Crippen LogP contribution in [0.5, 0.6) is 23.0 Å². The van der Waals surface area contributed by atoms with E-state index in [4.69, 9.17) is 37.3 Å². The fraction of sp³-hybridized carbons (Fsp3) is 0.564. The first-order valence-electron chi connectivity index (χ1n) is 25.3. The lowest BCUT2D eigenvalue weighted by atomic mass is 10.1. The van der Waals surface area contributed by atoms with Crippen molar-refractivity contribution in [2.75, 3.05) is 77.6 Å². The molecule has 2 aromatic carbocycles. The first-order chi connectivity index (χ1) is 34.3. The number of likely N-dealkylation sites (tertiary alicyclic amines) is 2. The minimum Gasteiger partial charge on any atom is -0.493 e. The van der Waals surface area contributed by atoms with Gasteiger partial charge in [0.15, 0.2) is 39.6 Å². The summed E-state index contributed by atoms with van der Waals surface area (Å²) in [7, 11) is -1.23. The van der Waals surface area contributed by atoms with Gasteiger partial charge in [0.2, 0.25) is 0 Å². The molecule has 0 saturated carbocycles. The van der Waals surface area contributed by atoms with Crippen molar-refractivity contribution < 1.29 is 56.5 Å². The number of hydrogen-bond acceptors (Lipinski definition) is 12. The smallest absolute Gasteiger partial charge is 0.411 e. The van der Waals surface area contributed by atoms with Crippen LogP contribution in [0.1, 0.15) is 108 Å². The lowest BCUT2D eigenvalue weighted by molar-refractivity contribution is 0.0680. The zero-order chi connectivity index (χ0) is 54.3. The lowest BCUT2D eigenvalue weighted by Crippen LogP contribution is -2.46. The van der Waals surface area contributed by atoms with E-state index in [2.05, 4.69) is 91.5 Å². The molecule has 0 spiro atoms. The van der Waals surface area contributed by atoms with Crippen LogP contribution in [0, 0.1) is 0 Å². The Balaban J connectivity index is 1.49. The molecule has 2 saturated heterocycles. The summed E-state index contributed by atoms with van der Waals surface area (Å²) in [6.45, 7) is 35.3. The minimum atomic E-state index is -2.12. The van der Waals surface area contributed by atoms with E-state index >= 15 is 0 Å². The highest BCUT2D eigenvalue weighted by Crippen LogP contribution is 2.41. The Morgan fingerprint density at radius 1 is 0.616 bits per heavy atom. The van der Waals surface area contributed by atoms with Crippen LogP contribution >= 0.6 is 0 Å². The van der Waals surface area contributed by atoms with Gasteiger partial charge >= 0.3 is 12.2 Å². The molecular formula is C55H84N4O12Si2. The number of nitrogens with zero attached hydrogens (tertiary/aromatic N) is 2. The van der Waals surface area contributed by atoms with Gasteiger partial charge in [-0.3, -0.25) is 20.2 Å². The molecule has 404 valence electrons. The predicted octanol–water partition coefficient (Wildman–Crippen LogP) is 12.2. The monoisotopic (exact) mass is 1050 g/mol. The molecule has 18 heteroatoms.